The van der Waals surface area contributed by atoms with E-state index >= 15 is 0 Å². The minimum atomic E-state index is -2.71. The number of alkyl halides is 2. The van der Waals surface area contributed by atoms with E-state index in [4.69, 9.17) is 0 Å². The van der Waals surface area contributed by atoms with Crippen molar-refractivity contribution < 1.29 is 23.5 Å². The van der Waals surface area contributed by atoms with Gasteiger partial charge in [-0.25, -0.2) is 13.6 Å². The molecule has 6 heteroatoms. The highest BCUT2D eigenvalue weighted by atomic mass is 19.3. The Morgan fingerprint density at radius 3 is 2.17 bits per heavy atom. The number of carboxylic acid groups (broad SMARTS) is 1. The van der Waals surface area contributed by atoms with E-state index in [1.54, 1.807) is 12.1 Å². The minimum Gasteiger partial charge on any atom is -0.479 e. The van der Waals surface area contributed by atoms with Crippen molar-refractivity contribution in [1.29, 1.82) is 0 Å². The van der Waals surface area contributed by atoms with Crippen molar-refractivity contribution in [3.8, 4) is 0 Å². The molecule has 0 heterocycles. The fourth-order valence-corrected chi connectivity index (χ4v) is 3.03. The maximum absolute atomic E-state index is 13.2. The molecule has 0 spiro atoms. The van der Waals surface area contributed by atoms with Crippen LogP contribution in [0.15, 0.2) is 18.2 Å². The summed E-state index contributed by atoms with van der Waals surface area (Å²) in [6, 6.07) is 4.17. The van der Waals surface area contributed by atoms with Crippen LogP contribution in [0.1, 0.15) is 48.4 Å². The zero-order valence-electron chi connectivity index (χ0n) is 13.2. The Bertz CT molecular complexity index is 586. The summed E-state index contributed by atoms with van der Waals surface area (Å²) in [4.78, 5) is 23.8. The van der Waals surface area contributed by atoms with Crippen molar-refractivity contribution >= 4 is 11.9 Å². The molecule has 1 atom stereocenters. The Morgan fingerprint density at radius 2 is 1.70 bits per heavy atom. The molecule has 2 rings (SSSR count). The first-order valence-corrected chi connectivity index (χ1v) is 7.67. The van der Waals surface area contributed by atoms with Gasteiger partial charge >= 0.3 is 5.97 Å². The van der Waals surface area contributed by atoms with Crippen molar-refractivity contribution in [2.24, 2.45) is 5.92 Å². The third-order valence-electron chi connectivity index (χ3n) is 4.20. The van der Waals surface area contributed by atoms with Crippen molar-refractivity contribution in [3.05, 3.63) is 34.9 Å². The normalized spacial score (nSPS) is 19.1. The van der Waals surface area contributed by atoms with Gasteiger partial charge in [0, 0.05) is 18.8 Å². The van der Waals surface area contributed by atoms with Gasteiger partial charge in [-0.15, -0.1) is 0 Å². The Hall–Kier alpha value is -1.98. The first-order chi connectivity index (χ1) is 10.7. The average molecular weight is 325 g/mol. The molecule has 23 heavy (non-hydrogen) atoms. The number of carboxylic acids is 1. The summed E-state index contributed by atoms with van der Waals surface area (Å²) in [5.41, 5.74) is 2.29. The molecule has 0 aliphatic heterocycles. The number of aryl methyl sites for hydroxylation is 2. The molecule has 126 valence electrons. The standard InChI is InChI=1S/C17H21F2NO3/c1-10-7-11(2)9-13(8-10)14(16(22)23)20-15(21)12-3-5-17(18,19)6-4-12/h7-9,12,14H,3-6H2,1-2H3,(H,20,21)(H,22,23). The number of hydrogen-bond donors (Lipinski definition) is 2. The third-order valence-corrected chi connectivity index (χ3v) is 4.20. The molecule has 1 saturated carbocycles. The molecule has 1 unspecified atom stereocenters. The first kappa shape index (κ1) is 17.4. The summed E-state index contributed by atoms with van der Waals surface area (Å²) in [5, 5.41) is 11.9. The second-order valence-electron chi connectivity index (χ2n) is 6.33. The number of benzene rings is 1. The van der Waals surface area contributed by atoms with Crippen LogP contribution in [0.3, 0.4) is 0 Å². The highest BCUT2D eigenvalue weighted by molar-refractivity contribution is 5.86. The molecule has 1 amide bonds. The molecule has 2 N–H and O–H groups in total. The zero-order valence-corrected chi connectivity index (χ0v) is 13.2. The summed E-state index contributed by atoms with van der Waals surface area (Å²) in [6.07, 6.45) is -0.491. The van der Waals surface area contributed by atoms with Crippen LogP contribution in [-0.2, 0) is 9.59 Å². The predicted molar refractivity (Wildman–Crippen MR) is 81.3 cm³/mol. The number of carbonyl (C=O) groups excluding carboxylic acids is 1. The van der Waals surface area contributed by atoms with Gasteiger partial charge in [0.2, 0.25) is 11.8 Å². The molecular weight excluding hydrogens is 304 g/mol. The van der Waals surface area contributed by atoms with Gasteiger partial charge in [0.1, 0.15) is 0 Å². The molecular formula is C17H21F2NO3. The molecule has 1 aromatic carbocycles. The number of hydrogen-bond acceptors (Lipinski definition) is 2. The predicted octanol–water partition coefficient (Wildman–Crippen LogP) is 3.37. The lowest BCUT2D eigenvalue weighted by atomic mass is 9.86. The van der Waals surface area contributed by atoms with E-state index in [9.17, 15) is 23.5 Å². The molecule has 0 radical (unpaired) electrons. The van der Waals surface area contributed by atoms with Crippen LogP contribution < -0.4 is 5.32 Å². The van der Waals surface area contributed by atoms with E-state index in [1.165, 1.54) is 0 Å². The second kappa shape index (κ2) is 6.64. The summed E-state index contributed by atoms with van der Waals surface area (Å²) in [6.45, 7) is 3.70. The van der Waals surface area contributed by atoms with E-state index in [1.807, 2.05) is 19.9 Å². The van der Waals surface area contributed by atoms with Gasteiger partial charge in [0.05, 0.1) is 0 Å². The number of aliphatic carboxylic acids is 1. The van der Waals surface area contributed by atoms with Crippen molar-refractivity contribution in [1.82, 2.24) is 5.32 Å². The van der Waals surface area contributed by atoms with Gasteiger partial charge < -0.3 is 10.4 Å². The van der Waals surface area contributed by atoms with Crippen molar-refractivity contribution in [2.75, 3.05) is 0 Å². The van der Waals surface area contributed by atoms with Crippen molar-refractivity contribution in [2.45, 2.75) is 51.5 Å². The molecule has 4 nitrogen and oxygen atoms in total. The monoisotopic (exact) mass is 325 g/mol. The summed E-state index contributed by atoms with van der Waals surface area (Å²) >= 11 is 0. The Kier molecular flexibility index (Phi) is 5.02. The summed E-state index contributed by atoms with van der Waals surface area (Å²) < 4.78 is 26.3. The number of rotatable bonds is 4. The van der Waals surface area contributed by atoms with Crippen LogP contribution in [0.4, 0.5) is 8.78 Å². The van der Waals surface area contributed by atoms with Gasteiger partial charge in [-0.05, 0) is 32.3 Å². The topological polar surface area (TPSA) is 66.4 Å². The first-order valence-electron chi connectivity index (χ1n) is 7.67. The van der Waals surface area contributed by atoms with Crippen molar-refractivity contribution in [3.63, 3.8) is 0 Å². The van der Waals surface area contributed by atoms with Crippen LogP contribution in [-0.4, -0.2) is 22.9 Å². The highest BCUT2D eigenvalue weighted by Crippen LogP contribution is 2.36. The maximum Gasteiger partial charge on any atom is 0.330 e. The Morgan fingerprint density at radius 1 is 1.17 bits per heavy atom. The van der Waals surface area contributed by atoms with E-state index in [0.717, 1.165) is 11.1 Å². The quantitative estimate of drug-likeness (QED) is 0.892. The van der Waals surface area contributed by atoms with Gasteiger partial charge in [0.15, 0.2) is 6.04 Å². The lowest BCUT2D eigenvalue weighted by Crippen LogP contribution is -2.40. The molecule has 0 bridgehead atoms. The third kappa shape index (κ3) is 4.50. The van der Waals surface area contributed by atoms with Crippen LogP contribution in [0.5, 0.6) is 0 Å². The van der Waals surface area contributed by atoms with Crippen LogP contribution in [0.25, 0.3) is 0 Å². The minimum absolute atomic E-state index is 0.0814. The van der Waals surface area contributed by atoms with E-state index < -0.39 is 29.8 Å². The number of carbonyl (C=O) groups is 2. The Balaban J connectivity index is 2.11. The molecule has 1 aromatic rings. The van der Waals surface area contributed by atoms with Gasteiger partial charge in [0.25, 0.3) is 0 Å². The summed E-state index contributed by atoms with van der Waals surface area (Å²) in [7, 11) is 0. The average Bonchev–Trinajstić information content (AvgIpc) is 2.42. The zero-order chi connectivity index (χ0) is 17.2. The van der Waals surface area contributed by atoms with Crippen LogP contribution in [0, 0.1) is 19.8 Å². The maximum atomic E-state index is 13.2. The Labute approximate surface area is 133 Å². The number of amides is 1. The molecule has 1 aliphatic carbocycles. The fraction of sp³-hybridized carbons (Fsp3) is 0.529. The molecule has 0 aromatic heterocycles. The van der Waals surface area contributed by atoms with Crippen LogP contribution in [0.2, 0.25) is 0 Å². The van der Waals surface area contributed by atoms with Gasteiger partial charge in [-0.2, -0.15) is 0 Å². The largest absolute Gasteiger partial charge is 0.479 e. The number of nitrogens with one attached hydrogen (secondary N) is 1. The lowest BCUT2D eigenvalue weighted by Gasteiger charge is -2.28. The second-order valence-corrected chi connectivity index (χ2v) is 6.33. The lowest BCUT2D eigenvalue weighted by molar-refractivity contribution is -0.143. The SMILES string of the molecule is Cc1cc(C)cc(C(NC(=O)C2CCC(F)(F)CC2)C(=O)O)c1. The molecule has 0 saturated heterocycles. The van der Waals surface area contributed by atoms with E-state index in [-0.39, 0.29) is 25.7 Å². The van der Waals surface area contributed by atoms with Crippen LogP contribution >= 0.6 is 0 Å². The number of halogens is 2. The molecule has 1 aliphatic rings. The van der Waals surface area contributed by atoms with Gasteiger partial charge in [-0.3, -0.25) is 4.79 Å². The van der Waals surface area contributed by atoms with E-state index in [0.29, 0.717) is 5.56 Å². The van der Waals surface area contributed by atoms with E-state index in [2.05, 4.69) is 5.32 Å². The smallest absolute Gasteiger partial charge is 0.330 e. The van der Waals surface area contributed by atoms with Gasteiger partial charge in [-0.1, -0.05) is 29.3 Å². The highest BCUT2D eigenvalue weighted by Gasteiger charge is 2.38. The summed E-state index contributed by atoms with van der Waals surface area (Å²) in [5.74, 6) is -4.89. The fourth-order valence-electron chi connectivity index (χ4n) is 3.03. The molecule has 1 fully saturated rings.